The first-order valence-corrected chi connectivity index (χ1v) is 11.2. The highest BCUT2D eigenvalue weighted by Crippen LogP contribution is 2.48. The minimum Gasteiger partial charge on any atom is -0.273 e. The predicted molar refractivity (Wildman–Crippen MR) is 130 cm³/mol. The summed E-state index contributed by atoms with van der Waals surface area (Å²) in [5.74, 6) is -1.61. The molecular formula is C27H19N3O5. The third-order valence-electron chi connectivity index (χ3n) is 6.58. The van der Waals surface area contributed by atoms with Crippen LogP contribution in [0.15, 0.2) is 97.1 Å². The summed E-state index contributed by atoms with van der Waals surface area (Å²) in [7, 11) is 0. The number of para-hydroxylation sites is 1. The lowest BCUT2D eigenvalue weighted by atomic mass is 9.90. The molecule has 172 valence electrons. The molecular weight excluding hydrogens is 446 g/mol. The van der Waals surface area contributed by atoms with Crippen LogP contribution in [-0.2, 0) is 14.4 Å². The van der Waals surface area contributed by atoms with Gasteiger partial charge >= 0.3 is 0 Å². The normalized spacial score (nSPS) is 21.5. The van der Waals surface area contributed by atoms with E-state index in [1.807, 2.05) is 66.7 Å². The van der Waals surface area contributed by atoms with E-state index in [4.69, 9.17) is 4.84 Å². The molecule has 6 rings (SSSR count). The van der Waals surface area contributed by atoms with E-state index in [-0.39, 0.29) is 11.6 Å². The van der Waals surface area contributed by atoms with Crippen molar-refractivity contribution in [1.29, 1.82) is 0 Å². The van der Waals surface area contributed by atoms with Crippen LogP contribution in [0.3, 0.4) is 0 Å². The van der Waals surface area contributed by atoms with E-state index in [0.29, 0.717) is 16.9 Å². The number of anilines is 2. The molecule has 0 bridgehead atoms. The molecule has 4 aromatic carbocycles. The van der Waals surface area contributed by atoms with Crippen LogP contribution >= 0.6 is 0 Å². The number of carbonyl (C=O) groups excluding carboxylic acids is 2. The van der Waals surface area contributed by atoms with E-state index in [1.54, 1.807) is 23.3 Å². The Morgan fingerprint density at radius 2 is 1.46 bits per heavy atom. The van der Waals surface area contributed by atoms with Gasteiger partial charge in [0.05, 0.1) is 22.3 Å². The molecule has 2 aliphatic heterocycles. The van der Waals surface area contributed by atoms with Crippen molar-refractivity contribution in [3.63, 3.8) is 0 Å². The molecule has 3 atom stereocenters. The number of nitrogens with zero attached hydrogens (tertiary/aromatic N) is 3. The molecule has 0 aliphatic carbocycles. The number of hydrogen-bond acceptors (Lipinski definition) is 6. The van der Waals surface area contributed by atoms with Crippen molar-refractivity contribution in [2.45, 2.75) is 12.1 Å². The first kappa shape index (κ1) is 21.0. The number of carbonyl (C=O) groups is 2. The first-order valence-electron chi connectivity index (χ1n) is 11.2. The molecule has 2 fully saturated rings. The van der Waals surface area contributed by atoms with Gasteiger partial charge in [-0.1, -0.05) is 66.7 Å². The predicted octanol–water partition coefficient (Wildman–Crippen LogP) is 4.80. The maximum atomic E-state index is 13.9. The molecule has 0 aromatic heterocycles. The van der Waals surface area contributed by atoms with E-state index < -0.39 is 28.9 Å². The number of fused-ring (bicyclic) bond motifs is 2. The Bertz CT molecular complexity index is 1470. The molecule has 0 N–H and O–H groups in total. The van der Waals surface area contributed by atoms with Crippen LogP contribution in [0.1, 0.15) is 11.6 Å². The number of rotatable bonds is 4. The van der Waals surface area contributed by atoms with Gasteiger partial charge in [-0.3, -0.25) is 24.5 Å². The summed E-state index contributed by atoms with van der Waals surface area (Å²) >= 11 is 0. The highest BCUT2D eigenvalue weighted by molar-refractivity contribution is 6.26. The van der Waals surface area contributed by atoms with Crippen molar-refractivity contribution in [3.05, 3.63) is 113 Å². The standard InChI is InChI=1S/C27H19N3O5/c31-26-23-24(18-13-15-20(16-14-18)30(33)34)29(19-9-2-1-3-10-19)35-25(23)27(32)28(26)22-12-6-8-17-7-4-5-11-21(17)22/h1-16,23-25H/t23-,24+,25-/m1/s1. The largest absolute Gasteiger partial charge is 0.273 e. The second kappa shape index (κ2) is 8.03. The summed E-state index contributed by atoms with van der Waals surface area (Å²) in [5.41, 5.74) is 1.79. The summed E-state index contributed by atoms with van der Waals surface area (Å²) in [6.07, 6.45) is -1.01. The summed E-state index contributed by atoms with van der Waals surface area (Å²) in [6.45, 7) is 0. The number of non-ortho nitro benzene ring substituents is 1. The number of hydroxylamine groups is 1. The van der Waals surface area contributed by atoms with Crippen LogP contribution in [-0.4, -0.2) is 22.8 Å². The van der Waals surface area contributed by atoms with Crippen molar-refractivity contribution < 1.29 is 19.3 Å². The van der Waals surface area contributed by atoms with Crippen molar-refractivity contribution in [2.75, 3.05) is 9.96 Å². The lowest BCUT2D eigenvalue weighted by Crippen LogP contribution is -2.37. The van der Waals surface area contributed by atoms with E-state index in [2.05, 4.69) is 0 Å². The van der Waals surface area contributed by atoms with Gasteiger partial charge in [-0.15, -0.1) is 0 Å². The van der Waals surface area contributed by atoms with Crippen LogP contribution in [0.5, 0.6) is 0 Å². The second-order valence-electron chi connectivity index (χ2n) is 8.52. The zero-order valence-electron chi connectivity index (χ0n) is 18.4. The minimum absolute atomic E-state index is 0.0540. The van der Waals surface area contributed by atoms with Gasteiger partial charge in [0.15, 0.2) is 6.10 Å². The lowest BCUT2D eigenvalue weighted by Gasteiger charge is -2.29. The summed E-state index contributed by atoms with van der Waals surface area (Å²) in [5, 5.41) is 14.5. The fourth-order valence-electron chi connectivity index (χ4n) is 4.99. The smallest absolute Gasteiger partial charge is 0.269 e. The van der Waals surface area contributed by atoms with E-state index in [0.717, 1.165) is 10.8 Å². The number of hydrogen-bond donors (Lipinski definition) is 0. The molecule has 0 saturated carbocycles. The number of amides is 2. The fraction of sp³-hybridized carbons (Fsp3) is 0.111. The molecule has 8 heteroatoms. The molecule has 8 nitrogen and oxygen atoms in total. The zero-order valence-corrected chi connectivity index (χ0v) is 18.4. The van der Waals surface area contributed by atoms with Crippen LogP contribution in [0.2, 0.25) is 0 Å². The highest BCUT2D eigenvalue weighted by Gasteiger charge is 2.60. The van der Waals surface area contributed by atoms with Crippen molar-refractivity contribution in [2.24, 2.45) is 5.92 Å². The number of nitro benzene ring substituents is 1. The summed E-state index contributed by atoms with van der Waals surface area (Å²) in [6, 6.07) is 27.7. The number of imide groups is 1. The van der Waals surface area contributed by atoms with Crippen LogP contribution in [0.25, 0.3) is 10.8 Å². The molecule has 4 aromatic rings. The van der Waals surface area contributed by atoms with Gasteiger partial charge in [0, 0.05) is 17.5 Å². The van der Waals surface area contributed by atoms with Gasteiger partial charge in [0.1, 0.15) is 5.92 Å². The van der Waals surface area contributed by atoms with Gasteiger partial charge in [0.2, 0.25) is 5.91 Å². The molecule has 0 unspecified atom stereocenters. The summed E-state index contributed by atoms with van der Waals surface area (Å²) in [4.78, 5) is 45.5. The molecule has 35 heavy (non-hydrogen) atoms. The molecule has 2 amide bonds. The SMILES string of the molecule is O=C1[C@H]2[C@@H](ON(c3ccccc3)[C@H]2c2ccc([N+](=O)[O-])cc2)C(=O)N1c1cccc2ccccc12. The Balaban J connectivity index is 1.45. The van der Waals surface area contributed by atoms with E-state index >= 15 is 0 Å². The summed E-state index contributed by atoms with van der Waals surface area (Å²) < 4.78 is 0. The van der Waals surface area contributed by atoms with Crippen molar-refractivity contribution >= 4 is 39.6 Å². The lowest BCUT2D eigenvalue weighted by molar-refractivity contribution is -0.384. The third kappa shape index (κ3) is 3.26. The monoisotopic (exact) mass is 465 g/mol. The van der Waals surface area contributed by atoms with E-state index in [1.165, 1.54) is 17.0 Å². The molecule has 2 heterocycles. The maximum absolute atomic E-state index is 13.9. The molecule has 0 spiro atoms. The van der Waals surface area contributed by atoms with Crippen molar-refractivity contribution in [1.82, 2.24) is 0 Å². The van der Waals surface area contributed by atoms with Gasteiger partial charge in [-0.05, 0) is 29.1 Å². The topological polar surface area (TPSA) is 93.0 Å². The third-order valence-corrected chi connectivity index (χ3v) is 6.58. The van der Waals surface area contributed by atoms with Gasteiger partial charge in [0.25, 0.3) is 11.6 Å². The maximum Gasteiger partial charge on any atom is 0.269 e. The van der Waals surface area contributed by atoms with E-state index in [9.17, 15) is 19.7 Å². The van der Waals surface area contributed by atoms with Gasteiger partial charge in [-0.2, -0.15) is 0 Å². The second-order valence-corrected chi connectivity index (χ2v) is 8.52. The van der Waals surface area contributed by atoms with Gasteiger partial charge < -0.3 is 0 Å². The Hall–Kier alpha value is -4.56. The Kier molecular flexibility index (Phi) is 4.82. The number of benzene rings is 4. The fourth-order valence-corrected chi connectivity index (χ4v) is 4.99. The Morgan fingerprint density at radius 1 is 0.771 bits per heavy atom. The zero-order chi connectivity index (χ0) is 24.1. The van der Waals surface area contributed by atoms with Crippen LogP contribution in [0.4, 0.5) is 17.1 Å². The highest BCUT2D eigenvalue weighted by atomic mass is 16.7. The average Bonchev–Trinajstić information content (AvgIpc) is 3.40. The molecule has 2 saturated heterocycles. The minimum atomic E-state index is -1.01. The average molecular weight is 465 g/mol. The number of nitro groups is 1. The Morgan fingerprint density at radius 3 is 2.20 bits per heavy atom. The van der Waals surface area contributed by atoms with Crippen LogP contribution < -0.4 is 9.96 Å². The molecule has 2 aliphatic rings. The van der Waals surface area contributed by atoms with Crippen LogP contribution in [0, 0.1) is 16.0 Å². The molecule has 0 radical (unpaired) electrons. The van der Waals surface area contributed by atoms with Crippen molar-refractivity contribution in [3.8, 4) is 0 Å². The van der Waals surface area contributed by atoms with Gasteiger partial charge in [-0.25, -0.2) is 9.96 Å². The quantitative estimate of drug-likeness (QED) is 0.244. The Labute approximate surface area is 200 Å². The first-order chi connectivity index (χ1) is 17.0.